The molecule has 0 radical (unpaired) electrons. The van der Waals surface area contributed by atoms with Crippen molar-refractivity contribution in [3.8, 4) is 11.5 Å². The molecule has 1 fully saturated rings. The zero-order valence-electron chi connectivity index (χ0n) is 15.2. The van der Waals surface area contributed by atoms with Gasteiger partial charge in [-0.25, -0.2) is 0 Å². The third kappa shape index (κ3) is 4.74. The minimum absolute atomic E-state index is 0.203. The van der Waals surface area contributed by atoms with Crippen LogP contribution < -0.4 is 14.8 Å². The summed E-state index contributed by atoms with van der Waals surface area (Å²) >= 11 is 0. The molecule has 0 bridgehead atoms. The molecule has 0 saturated carbocycles. The smallest absolute Gasteiger partial charge is 0.255 e. The second-order valence-electron chi connectivity index (χ2n) is 6.14. The van der Waals surface area contributed by atoms with Crippen LogP contribution in [0.2, 0.25) is 0 Å². The molecular weight excluding hydrogens is 332 g/mol. The number of morpholine rings is 1. The summed E-state index contributed by atoms with van der Waals surface area (Å²) in [5.74, 6) is 0.955. The first kappa shape index (κ1) is 18.2. The Kier molecular flexibility index (Phi) is 6.09. The first-order chi connectivity index (χ1) is 12.7. The van der Waals surface area contributed by atoms with Crippen molar-refractivity contribution in [3.05, 3.63) is 53.6 Å². The number of carbonyl (C=O) groups excluding carboxylic acids is 1. The number of anilines is 1. The SMILES string of the molecule is COc1cc(OC)cc(C(=O)Nc2cccc(CN3CCOCC3)c2)c1. The molecule has 3 rings (SSSR count). The van der Waals surface area contributed by atoms with Gasteiger partial charge in [0, 0.05) is 37.0 Å². The summed E-state index contributed by atoms with van der Waals surface area (Å²) in [6.07, 6.45) is 0. The maximum atomic E-state index is 12.6. The highest BCUT2D eigenvalue weighted by atomic mass is 16.5. The van der Waals surface area contributed by atoms with Gasteiger partial charge in [-0.15, -0.1) is 0 Å². The van der Waals surface area contributed by atoms with Gasteiger partial charge in [-0.2, -0.15) is 0 Å². The molecule has 0 aliphatic carbocycles. The van der Waals surface area contributed by atoms with E-state index in [1.165, 1.54) is 0 Å². The van der Waals surface area contributed by atoms with E-state index < -0.39 is 0 Å². The van der Waals surface area contributed by atoms with Crippen molar-refractivity contribution in [2.45, 2.75) is 6.54 Å². The van der Waals surface area contributed by atoms with Crippen LogP contribution in [0, 0.1) is 0 Å². The Morgan fingerprint density at radius 1 is 1.08 bits per heavy atom. The average molecular weight is 356 g/mol. The summed E-state index contributed by atoms with van der Waals surface area (Å²) in [7, 11) is 3.12. The quantitative estimate of drug-likeness (QED) is 0.862. The van der Waals surface area contributed by atoms with Gasteiger partial charge < -0.3 is 19.5 Å². The van der Waals surface area contributed by atoms with Crippen LogP contribution in [0.3, 0.4) is 0 Å². The number of nitrogens with zero attached hydrogens (tertiary/aromatic N) is 1. The summed E-state index contributed by atoms with van der Waals surface area (Å²) < 4.78 is 15.8. The number of hydrogen-bond donors (Lipinski definition) is 1. The van der Waals surface area contributed by atoms with E-state index in [1.807, 2.05) is 18.2 Å². The molecule has 1 saturated heterocycles. The summed E-state index contributed by atoms with van der Waals surface area (Å²) in [6.45, 7) is 4.25. The van der Waals surface area contributed by atoms with Gasteiger partial charge >= 0.3 is 0 Å². The van der Waals surface area contributed by atoms with Crippen LogP contribution in [0.15, 0.2) is 42.5 Å². The highest BCUT2D eigenvalue weighted by Gasteiger charge is 2.13. The number of nitrogens with one attached hydrogen (secondary N) is 1. The van der Waals surface area contributed by atoms with E-state index in [9.17, 15) is 4.79 Å². The normalized spacial score (nSPS) is 14.7. The molecule has 1 amide bonds. The lowest BCUT2D eigenvalue weighted by molar-refractivity contribution is 0.0342. The number of ether oxygens (including phenoxy) is 3. The molecule has 26 heavy (non-hydrogen) atoms. The van der Waals surface area contributed by atoms with Crippen molar-refractivity contribution >= 4 is 11.6 Å². The molecule has 1 heterocycles. The number of amides is 1. The van der Waals surface area contributed by atoms with Gasteiger partial charge in [-0.05, 0) is 29.8 Å². The molecule has 138 valence electrons. The fourth-order valence-electron chi connectivity index (χ4n) is 2.91. The Labute approximate surface area is 153 Å². The Bertz CT molecular complexity index is 735. The molecule has 2 aromatic carbocycles. The Morgan fingerprint density at radius 3 is 2.42 bits per heavy atom. The highest BCUT2D eigenvalue weighted by Crippen LogP contribution is 2.23. The third-order valence-corrected chi connectivity index (χ3v) is 4.31. The Hall–Kier alpha value is -2.57. The number of methoxy groups -OCH3 is 2. The van der Waals surface area contributed by atoms with Gasteiger partial charge in [0.25, 0.3) is 5.91 Å². The van der Waals surface area contributed by atoms with E-state index >= 15 is 0 Å². The molecule has 2 aromatic rings. The Morgan fingerprint density at radius 2 is 1.77 bits per heavy atom. The molecule has 6 nitrogen and oxygen atoms in total. The van der Waals surface area contributed by atoms with Gasteiger partial charge in [0.15, 0.2) is 0 Å². The largest absolute Gasteiger partial charge is 0.497 e. The van der Waals surface area contributed by atoms with Crippen LogP contribution in [0.5, 0.6) is 11.5 Å². The highest BCUT2D eigenvalue weighted by molar-refractivity contribution is 6.04. The molecule has 0 aromatic heterocycles. The first-order valence-corrected chi connectivity index (χ1v) is 8.61. The molecule has 0 atom stereocenters. The van der Waals surface area contributed by atoms with Crippen LogP contribution in [-0.2, 0) is 11.3 Å². The van der Waals surface area contributed by atoms with E-state index in [4.69, 9.17) is 14.2 Å². The molecule has 1 aliphatic rings. The van der Waals surface area contributed by atoms with Gasteiger partial charge in [0.05, 0.1) is 27.4 Å². The second kappa shape index (κ2) is 8.69. The first-order valence-electron chi connectivity index (χ1n) is 8.61. The van der Waals surface area contributed by atoms with E-state index in [0.717, 1.165) is 44.1 Å². The summed E-state index contributed by atoms with van der Waals surface area (Å²) in [5, 5.41) is 2.95. The van der Waals surface area contributed by atoms with Crippen molar-refractivity contribution in [2.24, 2.45) is 0 Å². The number of carbonyl (C=O) groups is 1. The topological polar surface area (TPSA) is 60.0 Å². The predicted molar refractivity (Wildman–Crippen MR) is 100 cm³/mol. The van der Waals surface area contributed by atoms with E-state index in [1.54, 1.807) is 32.4 Å². The van der Waals surface area contributed by atoms with Crippen LogP contribution in [0.4, 0.5) is 5.69 Å². The van der Waals surface area contributed by atoms with Crippen molar-refractivity contribution in [1.82, 2.24) is 4.90 Å². The molecule has 1 N–H and O–H groups in total. The molecule has 0 spiro atoms. The standard InChI is InChI=1S/C20H24N2O4/c1-24-18-11-16(12-19(13-18)25-2)20(23)21-17-5-3-4-15(10-17)14-22-6-8-26-9-7-22/h3-5,10-13H,6-9,14H2,1-2H3,(H,21,23). The Balaban J connectivity index is 1.70. The lowest BCUT2D eigenvalue weighted by Gasteiger charge is -2.26. The van der Waals surface area contributed by atoms with Crippen LogP contribution in [-0.4, -0.2) is 51.3 Å². The van der Waals surface area contributed by atoms with E-state index in [0.29, 0.717) is 17.1 Å². The fraction of sp³-hybridized carbons (Fsp3) is 0.350. The second-order valence-corrected chi connectivity index (χ2v) is 6.14. The molecule has 1 aliphatic heterocycles. The van der Waals surface area contributed by atoms with Crippen molar-refractivity contribution in [3.63, 3.8) is 0 Å². The summed E-state index contributed by atoms with van der Waals surface area (Å²) in [4.78, 5) is 14.9. The van der Waals surface area contributed by atoms with Gasteiger partial charge in [-0.3, -0.25) is 9.69 Å². The number of rotatable bonds is 6. The third-order valence-electron chi connectivity index (χ3n) is 4.31. The zero-order chi connectivity index (χ0) is 18.4. The van der Waals surface area contributed by atoms with Gasteiger partial charge in [0.1, 0.15) is 11.5 Å². The van der Waals surface area contributed by atoms with Crippen molar-refractivity contribution in [1.29, 1.82) is 0 Å². The summed E-state index contributed by atoms with van der Waals surface area (Å²) in [6, 6.07) is 13.0. The number of benzene rings is 2. The van der Waals surface area contributed by atoms with Crippen LogP contribution in [0.1, 0.15) is 15.9 Å². The average Bonchev–Trinajstić information content (AvgIpc) is 2.68. The maximum absolute atomic E-state index is 12.6. The zero-order valence-corrected chi connectivity index (χ0v) is 15.2. The van der Waals surface area contributed by atoms with E-state index in [2.05, 4.69) is 16.3 Å². The van der Waals surface area contributed by atoms with Crippen LogP contribution >= 0.6 is 0 Å². The lowest BCUT2D eigenvalue weighted by atomic mass is 10.1. The van der Waals surface area contributed by atoms with Crippen molar-refractivity contribution < 1.29 is 19.0 Å². The summed E-state index contributed by atoms with van der Waals surface area (Å²) in [5.41, 5.74) is 2.41. The molecule has 0 unspecified atom stereocenters. The van der Waals surface area contributed by atoms with Crippen molar-refractivity contribution in [2.75, 3.05) is 45.8 Å². The maximum Gasteiger partial charge on any atom is 0.255 e. The predicted octanol–water partition coefficient (Wildman–Crippen LogP) is 2.79. The molecule has 6 heteroatoms. The van der Waals surface area contributed by atoms with Crippen LogP contribution in [0.25, 0.3) is 0 Å². The fourth-order valence-corrected chi connectivity index (χ4v) is 2.91. The van der Waals surface area contributed by atoms with Gasteiger partial charge in [0.2, 0.25) is 0 Å². The molecular formula is C20H24N2O4. The minimum atomic E-state index is -0.203. The lowest BCUT2D eigenvalue weighted by Crippen LogP contribution is -2.35. The van der Waals surface area contributed by atoms with E-state index in [-0.39, 0.29) is 5.91 Å². The minimum Gasteiger partial charge on any atom is -0.497 e. The number of hydrogen-bond acceptors (Lipinski definition) is 5. The van der Waals surface area contributed by atoms with Gasteiger partial charge in [-0.1, -0.05) is 12.1 Å². The monoisotopic (exact) mass is 356 g/mol.